The van der Waals surface area contributed by atoms with Crippen LogP contribution in [0.1, 0.15) is 43.2 Å². The van der Waals surface area contributed by atoms with Crippen molar-refractivity contribution in [1.29, 1.82) is 5.26 Å². The number of nitrogens with two attached hydrogens (primary N) is 1. The molecule has 4 fully saturated rings. The van der Waals surface area contributed by atoms with E-state index in [9.17, 15) is 27.2 Å². The summed E-state index contributed by atoms with van der Waals surface area (Å²) in [6, 6.07) is 4.33. The molecule has 246 valence electrons. The van der Waals surface area contributed by atoms with E-state index in [1.165, 1.54) is 0 Å². The fourth-order valence-electron chi connectivity index (χ4n) is 7.93. The largest absolute Gasteiger partial charge is 0.461 e. The summed E-state index contributed by atoms with van der Waals surface area (Å²) in [5.74, 6) is -2.06. The number of nitrogen functional groups attached to an aromatic ring is 1. The zero-order valence-electron chi connectivity index (χ0n) is 24.8. The Morgan fingerprint density at radius 3 is 2.64 bits per heavy atom. The molecule has 4 unspecified atom stereocenters. The summed E-state index contributed by atoms with van der Waals surface area (Å²) in [5.41, 5.74) is 2.13. The van der Waals surface area contributed by atoms with Gasteiger partial charge < -0.3 is 20.1 Å². The molecule has 2 aromatic heterocycles. The minimum absolute atomic E-state index is 0.0279. The minimum Gasteiger partial charge on any atom is -0.461 e. The van der Waals surface area contributed by atoms with E-state index in [4.69, 9.17) is 15.2 Å². The first kappa shape index (κ1) is 30.5. The average Bonchev–Trinajstić information content (AvgIpc) is 3.76. The third-order valence-corrected chi connectivity index (χ3v) is 11.0. The maximum atomic E-state index is 17.0. The molecular weight excluding hydrogens is 646 g/mol. The first-order valence-corrected chi connectivity index (χ1v) is 16.2. The highest BCUT2D eigenvalue weighted by Gasteiger charge is 2.49. The van der Waals surface area contributed by atoms with Crippen LogP contribution in [0.15, 0.2) is 18.2 Å². The summed E-state index contributed by atoms with van der Waals surface area (Å²) in [6.07, 6.45) is -3.05. The predicted molar refractivity (Wildman–Crippen MR) is 163 cm³/mol. The van der Waals surface area contributed by atoms with Crippen LogP contribution in [0.3, 0.4) is 0 Å². The molecule has 0 aliphatic carbocycles. The van der Waals surface area contributed by atoms with Gasteiger partial charge in [0, 0.05) is 42.4 Å². The van der Waals surface area contributed by atoms with Crippen molar-refractivity contribution in [2.45, 2.75) is 62.2 Å². The van der Waals surface area contributed by atoms with Gasteiger partial charge in [-0.2, -0.15) is 28.4 Å². The standard InChI is InChI=1S/C32H28F6N6O2S/c33-15-9-31(6-1-7-44(31)11-15)14-45-30-41-26-19(29(42-30)43-12-16-2-3-17(13-43)46-16)8-21(32(36,37)38)24(25(26)35)18-4-5-22(34)27-23(18)20(10-39)28(40)47-27/h4-5,8,15-17H,1-3,6-7,9,11-14,40H2. The van der Waals surface area contributed by atoms with E-state index in [-0.39, 0.29) is 75.2 Å². The summed E-state index contributed by atoms with van der Waals surface area (Å²) in [7, 11) is 0. The number of hydrogen-bond acceptors (Lipinski definition) is 9. The van der Waals surface area contributed by atoms with E-state index in [1.807, 2.05) is 11.0 Å². The summed E-state index contributed by atoms with van der Waals surface area (Å²) >= 11 is 0.699. The molecule has 8 rings (SSSR count). The van der Waals surface area contributed by atoms with Crippen molar-refractivity contribution in [1.82, 2.24) is 14.9 Å². The number of aromatic nitrogens is 2. The first-order chi connectivity index (χ1) is 22.5. The highest BCUT2D eigenvalue weighted by molar-refractivity contribution is 7.23. The zero-order chi connectivity index (χ0) is 32.8. The van der Waals surface area contributed by atoms with Gasteiger partial charge in [0.15, 0.2) is 5.82 Å². The molecule has 4 saturated heterocycles. The molecule has 47 heavy (non-hydrogen) atoms. The van der Waals surface area contributed by atoms with Crippen molar-refractivity contribution in [3.63, 3.8) is 0 Å². The molecule has 4 aromatic rings. The molecule has 0 amide bonds. The van der Waals surface area contributed by atoms with Crippen LogP contribution in [0.25, 0.3) is 32.1 Å². The van der Waals surface area contributed by atoms with Crippen LogP contribution in [-0.2, 0) is 10.9 Å². The number of halogens is 6. The molecule has 2 aromatic carbocycles. The monoisotopic (exact) mass is 674 g/mol. The molecule has 4 aliphatic rings. The maximum absolute atomic E-state index is 17.0. The quantitative estimate of drug-likeness (QED) is 0.237. The van der Waals surface area contributed by atoms with E-state index < -0.39 is 46.2 Å². The number of alkyl halides is 4. The number of anilines is 2. The van der Waals surface area contributed by atoms with Gasteiger partial charge in [0.25, 0.3) is 0 Å². The SMILES string of the molecule is N#Cc1c(N)sc2c(F)ccc(-c3c(C(F)(F)F)cc4c(N5CC6CCC(C5)O6)nc(OCC56CCCN5CC(F)C6)nc4c3F)c12. The maximum Gasteiger partial charge on any atom is 0.417 e. The zero-order valence-corrected chi connectivity index (χ0v) is 25.7. The Balaban J connectivity index is 1.34. The number of nitriles is 1. The Hall–Kier alpha value is -3.87. The fraction of sp³-hybridized carbons (Fsp3) is 0.469. The van der Waals surface area contributed by atoms with Gasteiger partial charge in [-0.1, -0.05) is 6.07 Å². The van der Waals surface area contributed by atoms with Gasteiger partial charge in [0.1, 0.15) is 41.0 Å². The fourth-order valence-corrected chi connectivity index (χ4v) is 8.88. The first-order valence-electron chi connectivity index (χ1n) is 15.4. The molecule has 4 atom stereocenters. The van der Waals surface area contributed by atoms with Crippen LogP contribution in [0.4, 0.5) is 37.2 Å². The molecular formula is C32H28F6N6O2S. The Morgan fingerprint density at radius 1 is 1.15 bits per heavy atom. The van der Waals surface area contributed by atoms with Crippen LogP contribution in [0, 0.1) is 23.0 Å². The van der Waals surface area contributed by atoms with E-state index >= 15 is 4.39 Å². The van der Waals surface area contributed by atoms with Crippen molar-refractivity contribution in [2.75, 3.05) is 43.4 Å². The van der Waals surface area contributed by atoms with E-state index in [2.05, 4.69) is 9.97 Å². The van der Waals surface area contributed by atoms with E-state index in [0.29, 0.717) is 37.4 Å². The Labute approximate surface area is 268 Å². The van der Waals surface area contributed by atoms with Crippen molar-refractivity contribution in [3.05, 3.63) is 41.0 Å². The Kier molecular flexibility index (Phi) is 7.02. The lowest BCUT2D eigenvalue weighted by molar-refractivity contribution is -0.137. The highest BCUT2D eigenvalue weighted by Crippen LogP contribution is 2.48. The molecule has 0 radical (unpaired) electrons. The topological polar surface area (TPSA) is 101 Å². The lowest BCUT2D eigenvalue weighted by Gasteiger charge is -2.34. The normalized spacial score (nSPS) is 26.0. The number of benzene rings is 2. The number of fused-ring (bicyclic) bond motifs is 5. The second-order valence-corrected chi connectivity index (χ2v) is 13.9. The Bertz CT molecular complexity index is 1970. The lowest BCUT2D eigenvalue weighted by Crippen LogP contribution is -2.44. The van der Waals surface area contributed by atoms with Crippen LogP contribution in [-0.4, -0.2) is 71.6 Å². The van der Waals surface area contributed by atoms with Gasteiger partial charge in [0.2, 0.25) is 0 Å². The van der Waals surface area contributed by atoms with Gasteiger partial charge in [-0.3, -0.25) is 4.90 Å². The van der Waals surface area contributed by atoms with Crippen molar-refractivity contribution in [3.8, 4) is 23.2 Å². The third kappa shape index (κ3) is 4.86. The lowest BCUT2D eigenvalue weighted by atomic mass is 9.92. The van der Waals surface area contributed by atoms with Gasteiger partial charge in [0.05, 0.1) is 33.6 Å². The number of hydrogen-bond donors (Lipinski definition) is 1. The second kappa shape index (κ2) is 10.8. The molecule has 0 spiro atoms. The second-order valence-electron chi connectivity index (χ2n) is 12.8. The summed E-state index contributed by atoms with van der Waals surface area (Å²) in [5, 5.41) is 9.30. The van der Waals surface area contributed by atoms with Crippen LogP contribution in [0.2, 0.25) is 0 Å². The molecule has 2 N–H and O–H groups in total. The van der Waals surface area contributed by atoms with E-state index in [1.54, 1.807) is 4.90 Å². The molecule has 0 saturated carbocycles. The van der Waals surface area contributed by atoms with Crippen LogP contribution in [0.5, 0.6) is 6.01 Å². The summed E-state index contributed by atoms with van der Waals surface area (Å²) in [4.78, 5) is 12.7. The van der Waals surface area contributed by atoms with Gasteiger partial charge in [-0.05, 0) is 49.9 Å². The van der Waals surface area contributed by atoms with Gasteiger partial charge in [-0.25, -0.2) is 13.2 Å². The summed E-state index contributed by atoms with van der Waals surface area (Å²) in [6.45, 7) is 1.68. The molecule has 15 heteroatoms. The van der Waals surface area contributed by atoms with Crippen LogP contribution >= 0.6 is 11.3 Å². The van der Waals surface area contributed by atoms with Gasteiger partial charge >= 0.3 is 12.2 Å². The van der Waals surface area contributed by atoms with Crippen molar-refractivity contribution >= 4 is 43.1 Å². The van der Waals surface area contributed by atoms with Crippen molar-refractivity contribution < 1.29 is 35.8 Å². The highest BCUT2D eigenvalue weighted by atomic mass is 32.1. The third-order valence-electron chi connectivity index (χ3n) is 9.97. The number of nitrogens with zero attached hydrogens (tertiary/aromatic N) is 5. The number of ether oxygens (including phenoxy) is 2. The molecule has 6 heterocycles. The number of morpholine rings is 1. The predicted octanol–water partition coefficient (Wildman–Crippen LogP) is 6.59. The Morgan fingerprint density at radius 2 is 1.91 bits per heavy atom. The number of rotatable bonds is 5. The molecule has 8 nitrogen and oxygen atoms in total. The minimum atomic E-state index is -5.06. The van der Waals surface area contributed by atoms with E-state index in [0.717, 1.165) is 37.5 Å². The van der Waals surface area contributed by atoms with Crippen molar-refractivity contribution in [2.24, 2.45) is 0 Å². The summed E-state index contributed by atoms with van der Waals surface area (Å²) < 4.78 is 103. The van der Waals surface area contributed by atoms with Crippen LogP contribution < -0.4 is 15.4 Å². The smallest absolute Gasteiger partial charge is 0.417 e. The number of thiophene rings is 1. The molecule has 2 bridgehead atoms. The molecule has 4 aliphatic heterocycles. The van der Waals surface area contributed by atoms with Gasteiger partial charge in [-0.15, -0.1) is 11.3 Å². The average molecular weight is 675 g/mol.